The van der Waals surface area contributed by atoms with E-state index in [1.54, 1.807) is 7.05 Å². The second kappa shape index (κ2) is 8.49. The Balaban J connectivity index is 1.48. The van der Waals surface area contributed by atoms with Gasteiger partial charge in [-0.3, -0.25) is 28.8 Å². The maximum absolute atomic E-state index is 12.8. The fourth-order valence-electron chi connectivity index (χ4n) is 4.52. The Morgan fingerprint density at radius 1 is 1.13 bits per heavy atom. The summed E-state index contributed by atoms with van der Waals surface area (Å²) in [5.41, 5.74) is 2.15. The summed E-state index contributed by atoms with van der Waals surface area (Å²) in [6, 6.07) is 5.03. The van der Waals surface area contributed by atoms with Gasteiger partial charge in [-0.15, -0.1) is 0 Å². The predicted octanol–water partition coefficient (Wildman–Crippen LogP) is 0.688. The Labute approximate surface area is 179 Å². The third-order valence-corrected chi connectivity index (χ3v) is 6.32. The lowest BCUT2D eigenvalue weighted by Gasteiger charge is -2.29. The normalized spacial score (nSPS) is 22.1. The Morgan fingerprint density at radius 3 is 2.65 bits per heavy atom. The first-order chi connectivity index (χ1) is 14.9. The maximum Gasteiger partial charge on any atom is 0.329 e. The average molecular weight is 426 g/mol. The lowest BCUT2D eigenvalue weighted by atomic mass is 9.97. The van der Waals surface area contributed by atoms with Crippen molar-refractivity contribution in [2.24, 2.45) is 13.0 Å². The van der Waals surface area contributed by atoms with Gasteiger partial charge in [-0.25, -0.2) is 4.79 Å². The largest absolute Gasteiger partial charge is 0.343 e. The summed E-state index contributed by atoms with van der Waals surface area (Å²) in [4.78, 5) is 61.4. The van der Waals surface area contributed by atoms with E-state index in [1.165, 1.54) is 9.13 Å². The summed E-state index contributed by atoms with van der Waals surface area (Å²) in [7, 11) is 1.67. The molecule has 9 nitrogen and oxygen atoms in total. The molecule has 2 unspecified atom stereocenters. The van der Waals surface area contributed by atoms with Gasteiger partial charge < -0.3 is 9.69 Å². The number of likely N-dealkylation sites (tertiary alicyclic amines) is 1. The SMILES string of the molecule is Cn1c(=O)n(C2CCC(=O)NC2=O)c2ccc(CCCN3CCC(C=O)CC3=O)cc21. The van der Waals surface area contributed by atoms with Crippen LogP contribution in [0.2, 0.25) is 0 Å². The number of carbonyl (C=O) groups is 4. The topological polar surface area (TPSA) is 110 Å². The van der Waals surface area contributed by atoms with Crippen molar-refractivity contribution in [2.75, 3.05) is 13.1 Å². The number of rotatable bonds is 6. The van der Waals surface area contributed by atoms with E-state index in [1.807, 2.05) is 23.1 Å². The fourth-order valence-corrected chi connectivity index (χ4v) is 4.52. The van der Waals surface area contributed by atoms with Crippen molar-refractivity contribution < 1.29 is 19.2 Å². The minimum absolute atomic E-state index is 0.0301. The molecule has 164 valence electrons. The quantitative estimate of drug-likeness (QED) is 0.540. The fraction of sp³-hybridized carbons (Fsp3) is 0.500. The number of piperidine rings is 2. The molecule has 0 bridgehead atoms. The first-order valence-corrected chi connectivity index (χ1v) is 10.7. The molecule has 2 atom stereocenters. The molecular weight excluding hydrogens is 400 g/mol. The first kappa shape index (κ1) is 21.0. The molecule has 3 amide bonds. The van der Waals surface area contributed by atoms with Crippen molar-refractivity contribution in [3.05, 3.63) is 34.2 Å². The van der Waals surface area contributed by atoms with Crippen LogP contribution in [0.5, 0.6) is 0 Å². The number of carbonyl (C=O) groups excluding carboxylic acids is 4. The molecular formula is C22H26N4O5. The number of nitrogens with one attached hydrogen (secondary N) is 1. The Hall–Kier alpha value is -3.23. The zero-order chi connectivity index (χ0) is 22.1. The molecule has 2 saturated heterocycles. The summed E-state index contributed by atoms with van der Waals surface area (Å²) in [6.07, 6.45) is 3.93. The zero-order valence-electron chi connectivity index (χ0n) is 17.5. The third-order valence-electron chi connectivity index (χ3n) is 6.32. The number of hydrogen-bond donors (Lipinski definition) is 1. The highest BCUT2D eigenvalue weighted by Gasteiger charge is 2.31. The Morgan fingerprint density at radius 2 is 1.94 bits per heavy atom. The molecule has 1 N–H and O–H groups in total. The molecule has 0 radical (unpaired) electrons. The van der Waals surface area contributed by atoms with Crippen LogP contribution in [0.3, 0.4) is 0 Å². The van der Waals surface area contributed by atoms with Gasteiger partial charge in [0, 0.05) is 38.9 Å². The molecule has 0 aliphatic carbocycles. The van der Waals surface area contributed by atoms with E-state index in [-0.39, 0.29) is 29.8 Å². The van der Waals surface area contributed by atoms with Crippen LogP contribution in [-0.2, 0) is 32.6 Å². The van der Waals surface area contributed by atoms with Crippen molar-refractivity contribution in [2.45, 2.75) is 44.6 Å². The highest BCUT2D eigenvalue weighted by molar-refractivity contribution is 6.00. The number of nitrogens with zero attached hydrogens (tertiary/aromatic N) is 3. The summed E-state index contributed by atoms with van der Waals surface area (Å²) in [5, 5.41) is 2.31. The van der Waals surface area contributed by atoms with Crippen LogP contribution in [0.15, 0.2) is 23.0 Å². The van der Waals surface area contributed by atoms with Gasteiger partial charge in [0.15, 0.2) is 0 Å². The first-order valence-electron chi connectivity index (χ1n) is 10.7. The number of fused-ring (bicyclic) bond motifs is 1. The number of hydrogen-bond acceptors (Lipinski definition) is 5. The second-order valence-corrected chi connectivity index (χ2v) is 8.37. The smallest absolute Gasteiger partial charge is 0.329 e. The molecule has 1 aromatic carbocycles. The molecule has 2 fully saturated rings. The van der Waals surface area contributed by atoms with Crippen LogP contribution in [0, 0.1) is 5.92 Å². The van der Waals surface area contributed by atoms with Crippen LogP contribution >= 0.6 is 0 Å². The second-order valence-electron chi connectivity index (χ2n) is 8.37. The molecule has 0 saturated carbocycles. The Kier molecular flexibility index (Phi) is 5.75. The van der Waals surface area contributed by atoms with Crippen LogP contribution in [0.25, 0.3) is 11.0 Å². The molecule has 4 rings (SSSR count). The number of amides is 3. The molecule has 2 aliphatic heterocycles. The van der Waals surface area contributed by atoms with E-state index >= 15 is 0 Å². The molecule has 2 aliphatic rings. The van der Waals surface area contributed by atoms with Crippen molar-refractivity contribution in [1.82, 2.24) is 19.4 Å². The van der Waals surface area contributed by atoms with Gasteiger partial charge in [-0.1, -0.05) is 6.07 Å². The summed E-state index contributed by atoms with van der Waals surface area (Å²) in [6.45, 7) is 1.25. The summed E-state index contributed by atoms with van der Waals surface area (Å²) < 4.78 is 2.99. The number of benzene rings is 1. The van der Waals surface area contributed by atoms with Gasteiger partial charge in [-0.05, 0) is 43.4 Å². The van der Waals surface area contributed by atoms with Gasteiger partial charge in [0.05, 0.1) is 11.0 Å². The molecule has 1 aromatic heterocycles. The van der Waals surface area contributed by atoms with Crippen LogP contribution in [0.1, 0.15) is 43.7 Å². The monoisotopic (exact) mass is 426 g/mol. The van der Waals surface area contributed by atoms with E-state index < -0.39 is 11.9 Å². The van der Waals surface area contributed by atoms with Crippen LogP contribution in [-0.4, -0.2) is 51.1 Å². The molecule has 31 heavy (non-hydrogen) atoms. The highest BCUT2D eigenvalue weighted by Crippen LogP contribution is 2.24. The van der Waals surface area contributed by atoms with Crippen LogP contribution < -0.4 is 11.0 Å². The molecule has 0 spiro atoms. The summed E-state index contributed by atoms with van der Waals surface area (Å²) >= 11 is 0. The standard InChI is InChI=1S/C22H26N4O5/c1-24-18-11-14(3-2-9-25-10-8-15(13-27)12-20(25)29)4-5-16(18)26(22(24)31)17-6-7-19(28)23-21(17)30/h4-5,11,13,15,17H,2-3,6-10,12H2,1H3,(H,23,28,30). The maximum atomic E-state index is 12.8. The van der Waals surface area contributed by atoms with Crippen molar-refractivity contribution in [3.8, 4) is 0 Å². The third kappa shape index (κ3) is 4.04. The van der Waals surface area contributed by atoms with Gasteiger partial charge >= 0.3 is 5.69 Å². The minimum atomic E-state index is -0.694. The number of aryl methyl sites for hydroxylation is 2. The van der Waals surface area contributed by atoms with Crippen molar-refractivity contribution in [1.29, 1.82) is 0 Å². The van der Waals surface area contributed by atoms with Gasteiger partial charge in [-0.2, -0.15) is 0 Å². The number of aldehydes is 1. The van der Waals surface area contributed by atoms with Crippen molar-refractivity contribution in [3.63, 3.8) is 0 Å². The van der Waals surface area contributed by atoms with Crippen LogP contribution in [0.4, 0.5) is 0 Å². The highest BCUT2D eigenvalue weighted by atomic mass is 16.2. The predicted molar refractivity (Wildman–Crippen MR) is 112 cm³/mol. The summed E-state index contributed by atoms with van der Waals surface area (Å²) in [5.74, 6) is -0.882. The van der Waals surface area contributed by atoms with E-state index in [2.05, 4.69) is 5.32 Å². The number of imidazole rings is 1. The average Bonchev–Trinajstić information content (AvgIpc) is 2.99. The van der Waals surface area contributed by atoms with Crippen molar-refractivity contribution >= 4 is 35.0 Å². The van der Waals surface area contributed by atoms with Gasteiger partial charge in [0.2, 0.25) is 17.7 Å². The number of aromatic nitrogens is 2. The van der Waals surface area contributed by atoms with E-state index in [0.717, 1.165) is 36.6 Å². The minimum Gasteiger partial charge on any atom is -0.343 e. The molecule has 3 heterocycles. The lowest BCUT2D eigenvalue weighted by molar-refractivity contribution is -0.137. The van der Waals surface area contributed by atoms with E-state index in [0.29, 0.717) is 31.4 Å². The van der Waals surface area contributed by atoms with Gasteiger partial charge in [0.25, 0.3) is 0 Å². The van der Waals surface area contributed by atoms with E-state index in [4.69, 9.17) is 0 Å². The van der Waals surface area contributed by atoms with Gasteiger partial charge in [0.1, 0.15) is 12.3 Å². The van der Waals surface area contributed by atoms with E-state index in [9.17, 15) is 24.0 Å². The lowest BCUT2D eigenvalue weighted by Crippen LogP contribution is -2.44. The number of imide groups is 1. The Bertz CT molecular complexity index is 1120. The molecule has 9 heteroatoms. The zero-order valence-corrected chi connectivity index (χ0v) is 17.5. The molecule has 2 aromatic rings.